The molecular formula is C23H19F2N3O3S. The summed E-state index contributed by atoms with van der Waals surface area (Å²) in [4.78, 5) is 20.2. The Labute approximate surface area is 183 Å². The molecular weight excluding hydrogens is 436 g/mol. The molecule has 4 rings (SSSR count). The Balaban J connectivity index is 1.61. The lowest BCUT2D eigenvalue weighted by molar-refractivity contribution is 0.0934. The van der Waals surface area contributed by atoms with Crippen LogP contribution in [0.4, 0.5) is 8.78 Å². The number of aromatic nitrogens is 2. The number of sulfone groups is 1. The standard InChI is InChI=1S/C23H19F2N3O3S/c24-23(25)32(30,31)17-12-10-16(11-13-17)22(29)28-20(14-15-6-2-1-3-7-15)21-26-18-8-4-5-9-19(18)27-21/h1-13,20,23H,14H2,(H,26,27)(H,28,29). The van der Waals surface area contributed by atoms with Gasteiger partial charge in [0.1, 0.15) is 5.82 Å². The summed E-state index contributed by atoms with van der Waals surface area (Å²) in [6.45, 7) is 0. The number of H-pyrrole nitrogens is 1. The van der Waals surface area contributed by atoms with Gasteiger partial charge in [-0.15, -0.1) is 0 Å². The van der Waals surface area contributed by atoms with E-state index in [2.05, 4.69) is 15.3 Å². The van der Waals surface area contributed by atoms with Gasteiger partial charge in [0, 0.05) is 5.56 Å². The number of amides is 1. The fraction of sp³-hybridized carbons (Fsp3) is 0.130. The maximum atomic E-state index is 12.9. The Morgan fingerprint density at radius 3 is 2.25 bits per heavy atom. The summed E-state index contributed by atoms with van der Waals surface area (Å²) >= 11 is 0. The number of rotatable bonds is 7. The molecule has 0 fully saturated rings. The van der Waals surface area contributed by atoms with Crippen molar-refractivity contribution in [2.24, 2.45) is 0 Å². The van der Waals surface area contributed by atoms with Crippen LogP contribution in [0.15, 0.2) is 83.8 Å². The number of halogens is 2. The van der Waals surface area contributed by atoms with Crippen molar-refractivity contribution in [3.63, 3.8) is 0 Å². The second kappa shape index (κ2) is 8.88. The van der Waals surface area contributed by atoms with Gasteiger partial charge >= 0.3 is 5.76 Å². The Morgan fingerprint density at radius 2 is 1.59 bits per heavy atom. The highest BCUT2D eigenvalue weighted by atomic mass is 32.2. The van der Waals surface area contributed by atoms with Crippen LogP contribution < -0.4 is 5.32 Å². The van der Waals surface area contributed by atoms with E-state index in [1.807, 2.05) is 54.6 Å². The SMILES string of the molecule is O=C(NC(Cc1ccccc1)c1nc2ccccc2[nH]1)c1ccc(S(=O)(=O)C(F)F)cc1. The van der Waals surface area contributed by atoms with Gasteiger partial charge in [-0.2, -0.15) is 8.78 Å². The Hall–Kier alpha value is -3.59. The number of fused-ring (bicyclic) bond motifs is 1. The summed E-state index contributed by atoms with van der Waals surface area (Å²) in [5.41, 5.74) is 2.72. The van der Waals surface area contributed by atoms with Crippen molar-refractivity contribution in [3.8, 4) is 0 Å². The lowest BCUT2D eigenvalue weighted by atomic mass is 10.0. The van der Waals surface area contributed by atoms with Gasteiger partial charge in [-0.05, 0) is 48.4 Å². The number of carbonyl (C=O) groups is 1. The number of hydrogen-bond acceptors (Lipinski definition) is 4. The maximum Gasteiger partial charge on any atom is 0.341 e. The van der Waals surface area contributed by atoms with Crippen LogP contribution in [0.25, 0.3) is 11.0 Å². The number of benzene rings is 3. The zero-order chi connectivity index (χ0) is 22.7. The minimum Gasteiger partial charge on any atom is -0.342 e. The van der Waals surface area contributed by atoms with Crippen LogP contribution in [-0.4, -0.2) is 30.1 Å². The lowest BCUT2D eigenvalue weighted by Crippen LogP contribution is -2.30. The van der Waals surface area contributed by atoms with Gasteiger partial charge in [0.25, 0.3) is 5.91 Å². The third kappa shape index (κ3) is 4.52. The summed E-state index contributed by atoms with van der Waals surface area (Å²) in [6, 6.07) is 21.0. The third-order valence-corrected chi connectivity index (χ3v) is 6.40. The summed E-state index contributed by atoms with van der Waals surface area (Å²) in [6.07, 6.45) is 0.463. The van der Waals surface area contributed by atoms with Crippen LogP contribution in [0.1, 0.15) is 27.8 Å². The molecule has 32 heavy (non-hydrogen) atoms. The molecule has 1 unspecified atom stereocenters. The highest BCUT2D eigenvalue weighted by molar-refractivity contribution is 7.91. The van der Waals surface area contributed by atoms with Gasteiger partial charge in [-0.3, -0.25) is 4.79 Å². The van der Waals surface area contributed by atoms with Crippen LogP contribution in [0.5, 0.6) is 0 Å². The first-order valence-corrected chi connectivity index (χ1v) is 11.3. The summed E-state index contributed by atoms with van der Waals surface area (Å²) in [5, 5.41) is 2.91. The van der Waals surface area contributed by atoms with Crippen molar-refractivity contribution < 1.29 is 22.0 Å². The van der Waals surface area contributed by atoms with E-state index in [-0.39, 0.29) is 5.56 Å². The largest absolute Gasteiger partial charge is 0.342 e. The maximum absolute atomic E-state index is 12.9. The van der Waals surface area contributed by atoms with Crippen molar-refractivity contribution in [3.05, 3.63) is 95.8 Å². The van der Waals surface area contributed by atoms with E-state index in [0.717, 1.165) is 28.7 Å². The van der Waals surface area contributed by atoms with Crippen LogP contribution >= 0.6 is 0 Å². The summed E-state index contributed by atoms with van der Waals surface area (Å²) in [5.74, 6) is -3.43. The number of nitrogens with one attached hydrogen (secondary N) is 2. The highest BCUT2D eigenvalue weighted by Gasteiger charge is 2.27. The smallest absolute Gasteiger partial charge is 0.341 e. The number of alkyl halides is 2. The number of carbonyl (C=O) groups excluding carboxylic acids is 1. The van der Waals surface area contributed by atoms with Crippen molar-refractivity contribution in [2.45, 2.75) is 23.1 Å². The third-order valence-electron chi connectivity index (χ3n) is 5.01. The van der Waals surface area contributed by atoms with Gasteiger partial charge in [0.2, 0.25) is 9.84 Å². The Morgan fingerprint density at radius 1 is 0.938 bits per heavy atom. The van der Waals surface area contributed by atoms with E-state index in [1.54, 1.807) is 0 Å². The Kier molecular flexibility index (Phi) is 6.00. The highest BCUT2D eigenvalue weighted by Crippen LogP contribution is 2.22. The first-order valence-electron chi connectivity index (χ1n) is 9.76. The average Bonchev–Trinajstić information content (AvgIpc) is 3.23. The van der Waals surface area contributed by atoms with E-state index in [1.165, 1.54) is 12.1 Å². The van der Waals surface area contributed by atoms with Crippen LogP contribution in [0.3, 0.4) is 0 Å². The molecule has 1 atom stereocenters. The second-order valence-corrected chi connectivity index (χ2v) is 9.10. The molecule has 0 aliphatic carbocycles. The molecule has 1 heterocycles. The fourth-order valence-electron chi connectivity index (χ4n) is 3.34. The predicted molar refractivity (Wildman–Crippen MR) is 116 cm³/mol. The minimum atomic E-state index is -4.72. The first kappa shape index (κ1) is 21.6. The molecule has 0 radical (unpaired) electrons. The van der Waals surface area contributed by atoms with Crippen molar-refractivity contribution >= 4 is 26.8 Å². The molecule has 0 spiro atoms. The number of nitrogens with zero attached hydrogens (tertiary/aromatic N) is 1. The monoisotopic (exact) mass is 455 g/mol. The number of aromatic amines is 1. The van der Waals surface area contributed by atoms with E-state index in [9.17, 15) is 22.0 Å². The zero-order valence-corrected chi connectivity index (χ0v) is 17.5. The number of para-hydroxylation sites is 2. The molecule has 1 amide bonds. The number of imidazole rings is 1. The van der Waals surface area contributed by atoms with Crippen molar-refractivity contribution in [1.29, 1.82) is 0 Å². The summed E-state index contributed by atoms with van der Waals surface area (Å²) < 4.78 is 48.7. The lowest BCUT2D eigenvalue weighted by Gasteiger charge is -2.17. The molecule has 0 saturated heterocycles. The van der Waals surface area contributed by atoms with Gasteiger partial charge in [0.15, 0.2) is 0 Å². The minimum absolute atomic E-state index is 0.146. The molecule has 164 valence electrons. The first-order chi connectivity index (χ1) is 15.3. The average molecular weight is 455 g/mol. The molecule has 1 aromatic heterocycles. The molecule has 6 nitrogen and oxygen atoms in total. The van der Waals surface area contributed by atoms with E-state index < -0.39 is 32.4 Å². The van der Waals surface area contributed by atoms with E-state index in [0.29, 0.717) is 12.2 Å². The van der Waals surface area contributed by atoms with Gasteiger partial charge in [-0.25, -0.2) is 13.4 Å². The van der Waals surface area contributed by atoms with Gasteiger partial charge in [-0.1, -0.05) is 42.5 Å². The normalized spacial score (nSPS) is 12.7. The fourth-order valence-corrected chi connectivity index (χ4v) is 4.07. The van der Waals surface area contributed by atoms with Crippen LogP contribution in [0.2, 0.25) is 0 Å². The molecule has 0 saturated carbocycles. The van der Waals surface area contributed by atoms with E-state index in [4.69, 9.17) is 0 Å². The topological polar surface area (TPSA) is 91.9 Å². The van der Waals surface area contributed by atoms with Crippen molar-refractivity contribution in [1.82, 2.24) is 15.3 Å². The van der Waals surface area contributed by atoms with E-state index >= 15 is 0 Å². The van der Waals surface area contributed by atoms with Gasteiger partial charge in [0.05, 0.1) is 22.0 Å². The van der Waals surface area contributed by atoms with Crippen LogP contribution in [-0.2, 0) is 16.3 Å². The van der Waals surface area contributed by atoms with Gasteiger partial charge < -0.3 is 10.3 Å². The molecule has 3 aromatic carbocycles. The quantitative estimate of drug-likeness (QED) is 0.435. The molecule has 0 aliphatic rings. The zero-order valence-electron chi connectivity index (χ0n) is 16.7. The summed E-state index contributed by atoms with van der Waals surface area (Å²) in [7, 11) is -4.72. The number of hydrogen-bond donors (Lipinski definition) is 2. The molecule has 9 heteroatoms. The predicted octanol–water partition coefficient (Wildman–Crippen LogP) is 4.27. The second-order valence-electron chi connectivity index (χ2n) is 7.19. The molecule has 4 aromatic rings. The molecule has 2 N–H and O–H groups in total. The molecule has 0 aliphatic heterocycles. The van der Waals surface area contributed by atoms with Crippen LogP contribution in [0, 0.1) is 0 Å². The van der Waals surface area contributed by atoms with Crippen molar-refractivity contribution in [2.75, 3.05) is 0 Å². The Bertz CT molecular complexity index is 1300. The molecule has 0 bridgehead atoms.